The lowest BCUT2D eigenvalue weighted by molar-refractivity contribution is 0.392. The molecule has 18 heavy (non-hydrogen) atoms. The zero-order valence-electron chi connectivity index (χ0n) is 11.5. The van der Waals surface area contributed by atoms with Crippen LogP contribution in [-0.4, -0.2) is 6.04 Å². The van der Waals surface area contributed by atoms with Gasteiger partial charge < -0.3 is 5.32 Å². The Morgan fingerprint density at radius 3 is 2.72 bits per heavy atom. The quantitative estimate of drug-likeness (QED) is 0.866. The summed E-state index contributed by atoms with van der Waals surface area (Å²) in [6.07, 6.45) is 3.88. The molecule has 0 amide bonds. The number of nitrogens with one attached hydrogen (secondary N) is 1. The van der Waals surface area contributed by atoms with Crippen molar-refractivity contribution >= 4 is 5.69 Å². The molecule has 3 atom stereocenters. The van der Waals surface area contributed by atoms with Gasteiger partial charge in [-0.1, -0.05) is 20.3 Å². The maximum Gasteiger partial charge on any atom is 0.0994 e. The first-order valence-electron chi connectivity index (χ1n) is 6.93. The molecule has 96 valence electrons. The molecule has 1 aromatic rings. The average molecular weight is 242 g/mol. The second-order valence-electron chi connectivity index (χ2n) is 5.50. The topological polar surface area (TPSA) is 35.8 Å². The Morgan fingerprint density at radius 2 is 2.17 bits per heavy atom. The predicted octanol–water partition coefficient (Wildman–Crippen LogP) is 4.10. The van der Waals surface area contributed by atoms with Crippen LogP contribution < -0.4 is 5.32 Å². The number of hydrogen-bond donors (Lipinski definition) is 1. The smallest absolute Gasteiger partial charge is 0.0994 e. The molecular formula is C16H22N2. The SMILES string of the molecule is CCC1CCC(Nc2ccc(C#N)c(C)c2)C1C. The van der Waals surface area contributed by atoms with Crippen molar-refractivity contribution in [2.45, 2.75) is 46.1 Å². The summed E-state index contributed by atoms with van der Waals surface area (Å²) in [7, 11) is 0. The summed E-state index contributed by atoms with van der Waals surface area (Å²) in [5.41, 5.74) is 2.98. The molecule has 1 N–H and O–H groups in total. The number of rotatable bonds is 3. The van der Waals surface area contributed by atoms with Crippen molar-refractivity contribution in [1.82, 2.24) is 0 Å². The molecule has 3 unspecified atom stereocenters. The molecule has 0 aromatic heterocycles. The van der Waals surface area contributed by atoms with Crippen LogP contribution in [-0.2, 0) is 0 Å². The van der Waals surface area contributed by atoms with E-state index in [4.69, 9.17) is 5.26 Å². The zero-order chi connectivity index (χ0) is 13.1. The molecule has 0 saturated heterocycles. The van der Waals surface area contributed by atoms with E-state index in [1.807, 2.05) is 19.1 Å². The first-order valence-corrected chi connectivity index (χ1v) is 6.93. The molecule has 0 heterocycles. The number of aryl methyl sites for hydroxylation is 1. The predicted molar refractivity (Wildman–Crippen MR) is 75.5 cm³/mol. The van der Waals surface area contributed by atoms with E-state index in [9.17, 15) is 0 Å². The molecule has 2 heteroatoms. The fourth-order valence-corrected chi connectivity index (χ4v) is 3.12. The van der Waals surface area contributed by atoms with E-state index in [0.29, 0.717) is 6.04 Å². The van der Waals surface area contributed by atoms with Crippen molar-refractivity contribution in [2.24, 2.45) is 11.8 Å². The first-order chi connectivity index (χ1) is 8.65. The number of nitriles is 1. The maximum absolute atomic E-state index is 8.93. The van der Waals surface area contributed by atoms with Crippen LogP contribution in [0.5, 0.6) is 0 Å². The zero-order valence-corrected chi connectivity index (χ0v) is 11.5. The molecular weight excluding hydrogens is 220 g/mol. The lowest BCUT2D eigenvalue weighted by atomic mass is 9.93. The molecule has 2 nitrogen and oxygen atoms in total. The highest BCUT2D eigenvalue weighted by atomic mass is 14.9. The molecule has 0 bridgehead atoms. The molecule has 1 fully saturated rings. The Bertz CT molecular complexity index is 459. The van der Waals surface area contributed by atoms with Crippen molar-refractivity contribution in [3.63, 3.8) is 0 Å². The summed E-state index contributed by atoms with van der Waals surface area (Å²) in [5.74, 6) is 1.60. The lowest BCUT2D eigenvalue weighted by Crippen LogP contribution is -2.24. The van der Waals surface area contributed by atoms with Gasteiger partial charge in [0.2, 0.25) is 0 Å². The fourth-order valence-electron chi connectivity index (χ4n) is 3.12. The third-order valence-corrected chi connectivity index (χ3v) is 4.45. The van der Waals surface area contributed by atoms with Gasteiger partial charge in [0.1, 0.15) is 0 Å². The van der Waals surface area contributed by atoms with E-state index in [-0.39, 0.29) is 0 Å². The second kappa shape index (κ2) is 5.44. The van der Waals surface area contributed by atoms with Gasteiger partial charge in [-0.25, -0.2) is 0 Å². The average Bonchev–Trinajstić information content (AvgIpc) is 2.71. The fraction of sp³-hybridized carbons (Fsp3) is 0.562. The van der Waals surface area contributed by atoms with Crippen molar-refractivity contribution in [1.29, 1.82) is 5.26 Å². The Balaban J connectivity index is 2.07. The summed E-state index contributed by atoms with van der Waals surface area (Å²) < 4.78 is 0. The maximum atomic E-state index is 8.93. The molecule has 0 aliphatic heterocycles. The van der Waals surface area contributed by atoms with Crippen LogP contribution in [0, 0.1) is 30.1 Å². The minimum absolute atomic E-state index is 0.585. The van der Waals surface area contributed by atoms with E-state index < -0.39 is 0 Å². The lowest BCUT2D eigenvalue weighted by Gasteiger charge is -2.22. The van der Waals surface area contributed by atoms with Gasteiger partial charge in [-0.3, -0.25) is 0 Å². The Labute approximate surface area is 110 Å². The summed E-state index contributed by atoms with van der Waals surface area (Å²) in [4.78, 5) is 0. The van der Waals surface area contributed by atoms with Gasteiger partial charge in [0.25, 0.3) is 0 Å². The number of nitrogens with zero attached hydrogens (tertiary/aromatic N) is 1. The van der Waals surface area contributed by atoms with Crippen LogP contribution in [0.3, 0.4) is 0 Å². The van der Waals surface area contributed by atoms with Crippen molar-refractivity contribution in [2.75, 3.05) is 5.32 Å². The van der Waals surface area contributed by atoms with E-state index >= 15 is 0 Å². The first kappa shape index (κ1) is 13.0. The largest absolute Gasteiger partial charge is 0.382 e. The number of hydrogen-bond acceptors (Lipinski definition) is 2. The van der Waals surface area contributed by atoms with Gasteiger partial charge in [-0.05, 0) is 55.4 Å². The van der Waals surface area contributed by atoms with E-state index in [2.05, 4.69) is 31.3 Å². The van der Waals surface area contributed by atoms with Crippen LogP contribution in [0.1, 0.15) is 44.2 Å². The standard InChI is InChI=1S/C16H22N2/c1-4-13-6-8-16(12(13)3)18-15-7-5-14(10-17)11(2)9-15/h5,7,9,12-13,16,18H,4,6,8H2,1-3H3. The highest BCUT2D eigenvalue weighted by Gasteiger charge is 2.31. The minimum atomic E-state index is 0.585. The third-order valence-electron chi connectivity index (χ3n) is 4.45. The van der Waals surface area contributed by atoms with Gasteiger partial charge in [0.05, 0.1) is 11.6 Å². The highest BCUT2D eigenvalue weighted by molar-refractivity contribution is 5.52. The third kappa shape index (κ3) is 2.51. The molecule has 1 aliphatic carbocycles. The molecule has 1 saturated carbocycles. The van der Waals surface area contributed by atoms with Crippen LogP contribution in [0.15, 0.2) is 18.2 Å². The van der Waals surface area contributed by atoms with Crippen LogP contribution in [0.2, 0.25) is 0 Å². The molecule has 0 radical (unpaired) electrons. The van der Waals surface area contributed by atoms with E-state index in [1.165, 1.54) is 19.3 Å². The van der Waals surface area contributed by atoms with Crippen LogP contribution in [0.25, 0.3) is 0 Å². The van der Waals surface area contributed by atoms with E-state index in [0.717, 1.165) is 28.7 Å². The monoisotopic (exact) mass is 242 g/mol. The van der Waals surface area contributed by atoms with Gasteiger partial charge >= 0.3 is 0 Å². The van der Waals surface area contributed by atoms with Gasteiger partial charge in [0.15, 0.2) is 0 Å². The summed E-state index contributed by atoms with van der Waals surface area (Å²) in [5, 5.41) is 12.6. The number of anilines is 1. The van der Waals surface area contributed by atoms with E-state index in [1.54, 1.807) is 0 Å². The molecule has 1 aliphatic rings. The van der Waals surface area contributed by atoms with Crippen molar-refractivity contribution in [3.05, 3.63) is 29.3 Å². The second-order valence-corrected chi connectivity index (χ2v) is 5.50. The normalized spacial score (nSPS) is 26.9. The Morgan fingerprint density at radius 1 is 1.39 bits per heavy atom. The van der Waals surface area contributed by atoms with Crippen molar-refractivity contribution < 1.29 is 0 Å². The Kier molecular flexibility index (Phi) is 3.91. The molecule has 2 rings (SSSR count). The minimum Gasteiger partial charge on any atom is -0.382 e. The highest BCUT2D eigenvalue weighted by Crippen LogP contribution is 2.35. The molecule has 1 aromatic carbocycles. The van der Waals surface area contributed by atoms with Crippen LogP contribution in [0.4, 0.5) is 5.69 Å². The summed E-state index contributed by atoms with van der Waals surface area (Å²) in [6, 6.07) is 8.82. The molecule has 0 spiro atoms. The Hall–Kier alpha value is -1.49. The van der Waals surface area contributed by atoms with Gasteiger partial charge in [-0.15, -0.1) is 0 Å². The van der Waals surface area contributed by atoms with Gasteiger partial charge in [-0.2, -0.15) is 5.26 Å². The summed E-state index contributed by atoms with van der Waals surface area (Å²) >= 11 is 0. The van der Waals surface area contributed by atoms with Crippen LogP contribution >= 0.6 is 0 Å². The van der Waals surface area contributed by atoms with Crippen molar-refractivity contribution in [3.8, 4) is 6.07 Å². The van der Waals surface area contributed by atoms with Gasteiger partial charge in [0, 0.05) is 11.7 Å². The summed E-state index contributed by atoms with van der Waals surface area (Å²) in [6.45, 7) is 6.64. The number of benzene rings is 1.